The van der Waals surface area contributed by atoms with E-state index in [1.54, 1.807) is 38.1 Å². The highest BCUT2D eigenvalue weighted by Gasteiger charge is 2.58. The Morgan fingerprint density at radius 2 is 1.59 bits per heavy atom. The highest BCUT2D eigenvalue weighted by atomic mass is 79.9. The maximum absolute atomic E-state index is 13.3. The number of ketones is 2. The monoisotopic (exact) mass is 428 g/mol. The van der Waals surface area contributed by atoms with Crippen molar-refractivity contribution >= 4 is 33.5 Å². The normalized spacial score (nSPS) is 24.4. The largest absolute Gasteiger partial charge is 0.456 e. The molecule has 1 fully saturated rings. The van der Waals surface area contributed by atoms with Crippen LogP contribution in [-0.2, 0) is 14.3 Å². The highest BCUT2D eigenvalue weighted by molar-refractivity contribution is 9.10. The molecular weight excluding hydrogens is 408 g/mol. The minimum Gasteiger partial charge on any atom is -0.456 e. The molecule has 27 heavy (non-hydrogen) atoms. The maximum atomic E-state index is 13.3. The van der Waals surface area contributed by atoms with Crippen LogP contribution in [0.5, 0.6) is 0 Å². The van der Waals surface area contributed by atoms with Gasteiger partial charge in [0.25, 0.3) is 0 Å². The molecule has 1 heterocycles. The van der Waals surface area contributed by atoms with Crippen molar-refractivity contribution in [3.05, 3.63) is 70.2 Å². The fourth-order valence-corrected chi connectivity index (χ4v) is 3.90. The van der Waals surface area contributed by atoms with Gasteiger partial charge in [-0.05, 0) is 38.5 Å². The molecule has 1 saturated heterocycles. The van der Waals surface area contributed by atoms with Crippen LogP contribution in [0.25, 0.3) is 0 Å². The van der Waals surface area contributed by atoms with Crippen molar-refractivity contribution < 1.29 is 19.1 Å². The summed E-state index contributed by atoms with van der Waals surface area (Å²) in [5.41, 5.74) is -1.21. The van der Waals surface area contributed by atoms with Gasteiger partial charge >= 0.3 is 5.97 Å². The van der Waals surface area contributed by atoms with Gasteiger partial charge in [0.05, 0.1) is 5.41 Å². The Morgan fingerprint density at radius 1 is 1.00 bits per heavy atom. The zero-order chi connectivity index (χ0) is 19.8. The van der Waals surface area contributed by atoms with Crippen LogP contribution in [-0.4, -0.2) is 17.5 Å². The van der Waals surface area contributed by atoms with Crippen molar-refractivity contribution in [1.29, 1.82) is 0 Å². The zero-order valence-corrected chi connectivity index (χ0v) is 17.1. The third kappa shape index (κ3) is 3.48. The van der Waals surface area contributed by atoms with Crippen LogP contribution in [0.4, 0.5) is 0 Å². The van der Waals surface area contributed by atoms with Crippen LogP contribution in [0.2, 0.25) is 0 Å². The van der Waals surface area contributed by atoms with Gasteiger partial charge in [0, 0.05) is 16.5 Å². The topological polar surface area (TPSA) is 60.4 Å². The zero-order valence-electron chi connectivity index (χ0n) is 15.5. The van der Waals surface area contributed by atoms with Gasteiger partial charge in [-0.3, -0.25) is 14.4 Å². The van der Waals surface area contributed by atoms with Gasteiger partial charge in [-0.25, -0.2) is 0 Å². The fraction of sp³-hybridized carbons (Fsp3) is 0.318. The average Bonchev–Trinajstić information content (AvgIpc) is 2.65. The van der Waals surface area contributed by atoms with Gasteiger partial charge in [-0.2, -0.15) is 0 Å². The first-order chi connectivity index (χ1) is 12.7. The number of ether oxygens (including phenoxy) is 1. The second-order valence-electron chi connectivity index (χ2n) is 7.69. The summed E-state index contributed by atoms with van der Waals surface area (Å²) in [6.07, 6.45) is -0.883. The molecule has 0 aliphatic carbocycles. The SMILES string of the molecule is CC1(C)C(=O)[C@@](C)(CC(=O)c2ccc(Br)cc2)C(=O)O[C@H]1c1ccccc1. The summed E-state index contributed by atoms with van der Waals surface area (Å²) < 4.78 is 6.56. The molecule has 2 aromatic rings. The number of carbonyl (C=O) groups excluding carboxylic acids is 3. The lowest BCUT2D eigenvalue weighted by molar-refractivity contribution is -0.187. The van der Waals surface area contributed by atoms with Gasteiger partial charge in [-0.1, -0.05) is 58.4 Å². The van der Waals surface area contributed by atoms with Crippen molar-refractivity contribution in [2.75, 3.05) is 0 Å². The van der Waals surface area contributed by atoms with Gasteiger partial charge in [0.2, 0.25) is 0 Å². The minimum atomic E-state index is -1.50. The molecule has 1 aliphatic rings. The van der Waals surface area contributed by atoms with Gasteiger partial charge in [0.1, 0.15) is 11.5 Å². The first-order valence-electron chi connectivity index (χ1n) is 8.76. The lowest BCUT2D eigenvalue weighted by Gasteiger charge is -2.44. The lowest BCUT2D eigenvalue weighted by atomic mass is 9.64. The number of halogens is 1. The number of Topliss-reactive ketones (excluding diaryl/α,β-unsaturated/α-hetero) is 2. The Bertz CT molecular complexity index is 886. The summed E-state index contributed by atoms with van der Waals surface area (Å²) in [6.45, 7) is 5.04. The third-order valence-electron chi connectivity index (χ3n) is 5.20. The Balaban J connectivity index is 1.90. The molecular formula is C22H21BrO4. The smallest absolute Gasteiger partial charge is 0.320 e. The first kappa shape index (κ1) is 19.5. The van der Waals surface area contributed by atoms with Crippen molar-refractivity contribution in [3.8, 4) is 0 Å². The van der Waals surface area contributed by atoms with E-state index in [1.165, 1.54) is 6.92 Å². The number of benzene rings is 2. The molecule has 2 atom stereocenters. The number of carbonyl (C=O) groups is 3. The van der Waals surface area contributed by atoms with Crippen LogP contribution in [0.15, 0.2) is 59.1 Å². The van der Waals surface area contributed by atoms with Gasteiger partial charge < -0.3 is 4.74 Å². The number of cyclic esters (lactones) is 1. The Morgan fingerprint density at radius 3 is 2.19 bits per heavy atom. The van der Waals surface area contributed by atoms with Crippen molar-refractivity contribution in [3.63, 3.8) is 0 Å². The predicted molar refractivity (Wildman–Crippen MR) is 105 cm³/mol. The van der Waals surface area contributed by atoms with Crippen molar-refractivity contribution in [2.45, 2.75) is 33.3 Å². The van der Waals surface area contributed by atoms with Crippen molar-refractivity contribution in [2.24, 2.45) is 10.8 Å². The maximum Gasteiger partial charge on any atom is 0.320 e. The van der Waals surface area contributed by atoms with Crippen LogP contribution in [0.1, 0.15) is 49.2 Å². The third-order valence-corrected chi connectivity index (χ3v) is 5.73. The van der Waals surface area contributed by atoms with Gasteiger partial charge in [-0.15, -0.1) is 0 Å². The van der Waals surface area contributed by atoms with E-state index in [4.69, 9.17) is 4.74 Å². The number of hydrogen-bond donors (Lipinski definition) is 0. The molecule has 0 spiro atoms. The Kier molecular flexibility index (Phi) is 5.08. The van der Waals surface area contributed by atoms with E-state index in [1.807, 2.05) is 30.3 Å². The molecule has 1 aliphatic heterocycles. The van der Waals surface area contributed by atoms with E-state index >= 15 is 0 Å². The molecule has 0 aromatic heterocycles. The lowest BCUT2D eigenvalue weighted by Crippen LogP contribution is -2.54. The molecule has 0 amide bonds. The van der Waals surface area contributed by atoms with E-state index in [0.717, 1.165) is 10.0 Å². The fourth-order valence-electron chi connectivity index (χ4n) is 3.63. The summed E-state index contributed by atoms with van der Waals surface area (Å²) in [5.74, 6) is -1.18. The first-order valence-corrected chi connectivity index (χ1v) is 9.55. The van der Waals surface area contributed by atoms with E-state index in [9.17, 15) is 14.4 Å². The second kappa shape index (κ2) is 7.04. The molecule has 0 bridgehead atoms. The molecule has 2 aromatic carbocycles. The van der Waals surface area contributed by atoms with E-state index in [0.29, 0.717) is 5.56 Å². The quantitative estimate of drug-likeness (QED) is 0.393. The Hall–Kier alpha value is -2.27. The van der Waals surface area contributed by atoms with Crippen molar-refractivity contribution in [1.82, 2.24) is 0 Å². The Labute approximate surface area is 167 Å². The summed E-state index contributed by atoms with van der Waals surface area (Å²) in [6, 6.07) is 16.1. The van der Waals surface area contributed by atoms with Crippen LogP contribution >= 0.6 is 15.9 Å². The van der Waals surface area contributed by atoms with Crippen LogP contribution < -0.4 is 0 Å². The molecule has 0 saturated carbocycles. The predicted octanol–water partition coefficient (Wildman–Crippen LogP) is 4.92. The van der Waals surface area contributed by atoms with Gasteiger partial charge in [0.15, 0.2) is 11.6 Å². The number of hydrogen-bond acceptors (Lipinski definition) is 4. The van der Waals surface area contributed by atoms with E-state index < -0.39 is 22.9 Å². The van der Waals surface area contributed by atoms with E-state index in [2.05, 4.69) is 15.9 Å². The van der Waals surface area contributed by atoms with Crippen LogP contribution in [0, 0.1) is 10.8 Å². The molecule has 140 valence electrons. The summed E-state index contributed by atoms with van der Waals surface area (Å²) >= 11 is 3.33. The molecule has 3 rings (SSSR count). The van der Waals surface area contributed by atoms with E-state index in [-0.39, 0.29) is 18.0 Å². The number of esters is 1. The summed E-state index contributed by atoms with van der Waals surface area (Å²) in [4.78, 5) is 38.8. The highest BCUT2D eigenvalue weighted by Crippen LogP contribution is 2.49. The molecule has 0 unspecified atom stereocenters. The minimum absolute atomic E-state index is 0.211. The standard InChI is InChI=1S/C22H21BrO4/c1-21(2)18(15-7-5-4-6-8-15)27-20(26)22(3,19(21)25)13-17(24)14-9-11-16(23)12-10-14/h4-12,18H,13H2,1-3H3/t18-,22+/m0/s1. The number of rotatable bonds is 4. The molecule has 0 N–H and O–H groups in total. The summed E-state index contributed by atoms with van der Waals surface area (Å²) in [5, 5.41) is 0. The average molecular weight is 429 g/mol. The molecule has 4 nitrogen and oxygen atoms in total. The van der Waals surface area contributed by atoms with Crippen LogP contribution in [0.3, 0.4) is 0 Å². The summed E-state index contributed by atoms with van der Waals surface area (Å²) in [7, 11) is 0. The second-order valence-corrected chi connectivity index (χ2v) is 8.60. The molecule has 0 radical (unpaired) electrons. The molecule has 5 heteroatoms.